The molecule has 0 saturated heterocycles. The molecule has 0 aromatic heterocycles. The standard InChI is InChI=1S/C12H24N2O2/c1-5-6-9(10(13)15)12(4,11(14)16)7-8(2)3/h8-9H,5-7H2,1-4H3,(H2,13,15)(H2,14,16). The van der Waals surface area contributed by atoms with Gasteiger partial charge in [-0.3, -0.25) is 9.59 Å². The minimum atomic E-state index is -0.823. The second-order valence-corrected chi connectivity index (χ2v) is 5.12. The Bertz CT molecular complexity index is 264. The number of hydrogen-bond donors (Lipinski definition) is 2. The molecule has 0 aromatic carbocycles. The predicted molar refractivity (Wildman–Crippen MR) is 64.3 cm³/mol. The lowest BCUT2D eigenvalue weighted by atomic mass is 9.69. The Morgan fingerprint density at radius 1 is 1.25 bits per heavy atom. The van der Waals surface area contributed by atoms with Gasteiger partial charge in [0.05, 0.1) is 11.3 Å². The molecule has 0 saturated carbocycles. The Hall–Kier alpha value is -1.06. The van der Waals surface area contributed by atoms with Gasteiger partial charge in [-0.15, -0.1) is 0 Å². The summed E-state index contributed by atoms with van der Waals surface area (Å²) >= 11 is 0. The van der Waals surface area contributed by atoms with E-state index in [4.69, 9.17) is 11.5 Å². The van der Waals surface area contributed by atoms with Crippen LogP contribution in [0.15, 0.2) is 0 Å². The smallest absolute Gasteiger partial charge is 0.224 e. The quantitative estimate of drug-likeness (QED) is 0.690. The van der Waals surface area contributed by atoms with Gasteiger partial charge in [0.2, 0.25) is 11.8 Å². The average Bonchev–Trinajstić information content (AvgIpc) is 2.11. The van der Waals surface area contributed by atoms with Crippen molar-refractivity contribution in [3.05, 3.63) is 0 Å². The lowest BCUT2D eigenvalue weighted by Crippen LogP contribution is -2.47. The number of carbonyl (C=O) groups excluding carboxylic acids is 2. The first-order valence-electron chi connectivity index (χ1n) is 5.84. The number of amides is 2. The molecule has 0 fully saturated rings. The Kier molecular flexibility index (Phi) is 5.48. The summed E-state index contributed by atoms with van der Waals surface area (Å²) in [4.78, 5) is 23.0. The fourth-order valence-electron chi connectivity index (χ4n) is 2.33. The number of hydrogen-bond acceptors (Lipinski definition) is 2. The Morgan fingerprint density at radius 3 is 2.00 bits per heavy atom. The third-order valence-electron chi connectivity index (χ3n) is 3.09. The molecule has 2 unspecified atom stereocenters. The summed E-state index contributed by atoms with van der Waals surface area (Å²) in [5.41, 5.74) is 9.99. The van der Waals surface area contributed by atoms with E-state index in [2.05, 4.69) is 0 Å². The van der Waals surface area contributed by atoms with Gasteiger partial charge >= 0.3 is 0 Å². The van der Waals surface area contributed by atoms with Crippen molar-refractivity contribution >= 4 is 11.8 Å². The van der Waals surface area contributed by atoms with E-state index < -0.39 is 23.1 Å². The van der Waals surface area contributed by atoms with E-state index in [1.165, 1.54) is 0 Å². The van der Waals surface area contributed by atoms with Crippen molar-refractivity contribution in [1.82, 2.24) is 0 Å². The van der Waals surface area contributed by atoms with Crippen molar-refractivity contribution in [2.75, 3.05) is 0 Å². The molecule has 0 aromatic rings. The highest BCUT2D eigenvalue weighted by Gasteiger charge is 2.42. The maximum atomic E-state index is 11.6. The van der Waals surface area contributed by atoms with Gasteiger partial charge in [0.1, 0.15) is 0 Å². The van der Waals surface area contributed by atoms with E-state index in [-0.39, 0.29) is 0 Å². The van der Waals surface area contributed by atoms with E-state index in [9.17, 15) is 9.59 Å². The zero-order valence-corrected chi connectivity index (χ0v) is 10.7. The van der Waals surface area contributed by atoms with Crippen LogP contribution in [0, 0.1) is 17.3 Å². The van der Waals surface area contributed by atoms with Crippen molar-refractivity contribution in [3.8, 4) is 0 Å². The van der Waals surface area contributed by atoms with E-state index >= 15 is 0 Å². The topological polar surface area (TPSA) is 86.2 Å². The lowest BCUT2D eigenvalue weighted by molar-refractivity contribution is -0.139. The highest BCUT2D eigenvalue weighted by Crippen LogP contribution is 2.36. The maximum absolute atomic E-state index is 11.6. The van der Waals surface area contributed by atoms with Crippen LogP contribution in [0.25, 0.3) is 0 Å². The molecule has 94 valence electrons. The molecular formula is C12H24N2O2. The third-order valence-corrected chi connectivity index (χ3v) is 3.09. The average molecular weight is 228 g/mol. The molecule has 0 rings (SSSR count). The molecule has 0 heterocycles. The monoisotopic (exact) mass is 228 g/mol. The fraction of sp³-hybridized carbons (Fsp3) is 0.833. The summed E-state index contributed by atoms with van der Waals surface area (Å²) in [5.74, 6) is -1.02. The Balaban J connectivity index is 5.11. The molecule has 4 nitrogen and oxygen atoms in total. The molecule has 16 heavy (non-hydrogen) atoms. The first-order valence-corrected chi connectivity index (χ1v) is 5.84. The third kappa shape index (κ3) is 3.51. The molecule has 0 radical (unpaired) electrons. The van der Waals surface area contributed by atoms with Gasteiger partial charge < -0.3 is 11.5 Å². The number of primary amides is 2. The van der Waals surface area contributed by atoms with Crippen LogP contribution in [0.4, 0.5) is 0 Å². The van der Waals surface area contributed by atoms with E-state index in [0.29, 0.717) is 18.8 Å². The largest absolute Gasteiger partial charge is 0.369 e. The van der Waals surface area contributed by atoms with Crippen LogP contribution in [0.3, 0.4) is 0 Å². The molecule has 0 spiro atoms. The van der Waals surface area contributed by atoms with Crippen LogP contribution in [-0.4, -0.2) is 11.8 Å². The number of nitrogens with two attached hydrogens (primary N) is 2. The molecule has 0 aliphatic heterocycles. The van der Waals surface area contributed by atoms with Gasteiger partial charge in [-0.05, 0) is 25.7 Å². The second kappa shape index (κ2) is 5.87. The van der Waals surface area contributed by atoms with Gasteiger partial charge in [-0.1, -0.05) is 27.2 Å². The van der Waals surface area contributed by atoms with Crippen molar-refractivity contribution in [2.24, 2.45) is 28.7 Å². The van der Waals surface area contributed by atoms with Gasteiger partial charge in [-0.2, -0.15) is 0 Å². The molecule has 4 heteroatoms. The lowest BCUT2D eigenvalue weighted by Gasteiger charge is -2.34. The number of rotatable bonds is 7. The molecule has 2 amide bonds. The first kappa shape index (κ1) is 14.9. The van der Waals surface area contributed by atoms with Crippen molar-refractivity contribution < 1.29 is 9.59 Å². The van der Waals surface area contributed by atoms with Gasteiger partial charge in [0.25, 0.3) is 0 Å². The minimum absolute atomic E-state index is 0.302. The maximum Gasteiger partial charge on any atom is 0.224 e. The summed E-state index contributed by atoms with van der Waals surface area (Å²) < 4.78 is 0. The fourth-order valence-corrected chi connectivity index (χ4v) is 2.33. The van der Waals surface area contributed by atoms with Gasteiger partial charge in [0, 0.05) is 0 Å². The van der Waals surface area contributed by atoms with Crippen LogP contribution in [0.1, 0.15) is 47.0 Å². The minimum Gasteiger partial charge on any atom is -0.369 e. The molecular weight excluding hydrogens is 204 g/mol. The second-order valence-electron chi connectivity index (χ2n) is 5.12. The summed E-state index contributed by atoms with van der Waals surface area (Å²) in [7, 11) is 0. The molecule has 0 aliphatic rings. The Morgan fingerprint density at radius 2 is 1.75 bits per heavy atom. The SMILES string of the molecule is CCCC(C(N)=O)C(C)(CC(C)C)C(N)=O. The number of carbonyl (C=O) groups is 2. The molecule has 4 N–H and O–H groups in total. The zero-order valence-electron chi connectivity index (χ0n) is 10.7. The van der Waals surface area contributed by atoms with E-state index in [1.54, 1.807) is 6.92 Å². The van der Waals surface area contributed by atoms with E-state index in [0.717, 1.165) is 6.42 Å². The van der Waals surface area contributed by atoms with Gasteiger partial charge in [-0.25, -0.2) is 0 Å². The molecule has 0 aliphatic carbocycles. The highest BCUT2D eigenvalue weighted by molar-refractivity contribution is 5.88. The Labute approximate surface area is 97.8 Å². The zero-order chi connectivity index (χ0) is 12.9. The van der Waals surface area contributed by atoms with Crippen LogP contribution in [-0.2, 0) is 9.59 Å². The molecule has 0 bridgehead atoms. The predicted octanol–water partition coefficient (Wildman–Crippen LogP) is 1.43. The van der Waals surface area contributed by atoms with Crippen LogP contribution in [0.2, 0.25) is 0 Å². The summed E-state index contributed by atoms with van der Waals surface area (Å²) in [6.45, 7) is 7.73. The van der Waals surface area contributed by atoms with Crippen molar-refractivity contribution in [2.45, 2.75) is 47.0 Å². The van der Waals surface area contributed by atoms with Gasteiger partial charge in [0.15, 0.2) is 0 Å². The summed E-state index contributed by atoms with van der Waals surface area (Å²) in [6.07, 6.45) is 2.02. The molecule has 2 atom stereocenters. The van der Waals surface area contributed by atoms with Crippen LogP contribution >= 0.6 is 0 Å². The van der Waals surface area contributed by atoms with Crippen molar-refractivity contribution in [3.63, 3.8) is 0 Å². The summed E-state index contributed by atoms with van der Waals surface area (Å²) in [6, 6.07) is 0. The normalized spacial score (nSPS) is 16.8. The summed E-state index contributed by atoms with van der Waals surface area (Å²) in [5, 5.41) is 0. The van der Waals surface area contributed by atoms with E-state index in [1.807, 2.05) is 20.8 Å². The van der Waals surface area contributed by atoms with Crippen LogP contribution in [0.5, 0.6) is 0 Å². The van der Waals surface area contributed by atoms with Crippen LogP contribution < -0.4 is 11.5 Å². The van der Waals surface area contributed by atoms with Crippen molar-refractivity contribution in [1.29, 1.82) is 0 Å². The highest BCUT2D eigenvalue weighted by atomic mass is 16.2. The first-order chi connectivity index (χ1) is 7.25.